The monoisotopic (exact) mass is 278 g/mol. The third-order valence-electron chi connectivity index (χ3n) is 2.62. The molecule has 1 saturated heterocycles. The Morgan fingerprint density at radius 2 is 2.47 bits per heavy atom. The summed E-state index contributed by atoms with van der Waals surface area (Å²) in [4.78, 5) is 23.7. The van der Waals surface area contributed by atoms with Crippen molar-refractivity contribution in [2.24, 2.45) is 0 Å². The van der Waals surface area contributed by atoms with E-state index < -0.39 is 0 Å². The topological polar surface area (TPSA) is 78.4 Å². The normalized spacial score (nSPS) is 17.5. The number of hydrogen-bond donors (Lipinski definition) is 3. The molecular weight excluding hydrogens is 264 g/mol. The van der Waals surface area contributed by atoms with Crippen LogP contribution in [0.1, 0.15) is 28.1 Å². The van der Waals surface area contributed by atoms with E-state index in [1.165, 1.54) is 11.3 Å². The molecule has 1 aromatic rings. The van der Waals surface area contributed by atoms with Gasteiger partial charge >= 0.3 is 0 Å². The highest BCUT2D eigenvalue weighted by molar-refractivity contribution is 7.10. The van der Waals surface area contributed by atoms with Crippen molar-refractivity contribution in [3.05, 3.63) is 21.9 Å². The van der Waals surface area contributed by atoms with Crippen LogP contribution in [0.4, 0.5) is 0 Å². The summed E-state index contributed by atoms with van der Waals surface area (Å²) in [7, 11) is 0. The summed E-state index contributed by atoms with van der Waals surface area (Å²) in [5, 5.41) is 15.8. The number of aliphatic hydroxyl groups excluding tert-OH is 1. The minimum atomic E-state index is -0.187. The zero-order valence-corrected chi connectivity index (χ0v) is 11.0. The highest BCUT2D eigenvalue weighted by Gasteiger charge is 2.23. The van der Waals surface area contributed by atoms with Crippen LogP contribution in [0.15, 0.2) is 11.4 Å². The summed E-state index contributed by atoms with van der Waals surface area (Å²) >= 11 is 1.39. The summed E-state index contributed by atoms with van der Waals surface area (Å²) in [6, 6.07) is 1.58. The number of thiophene rings is 1. The van der Waals surface area contributed by atoms with E-state index in [0.29, 0.717) is 24.9 Å². The van der Waals surface area contributed by atoms with Crippen LogP contribution in [-0.4, -0.2) is 36.1 Å². The van der Waals surface area contributed by atoms with Gasteiger partial charge in [0.2, 0.25) is 5.91 Å². The van der Waals surface area contributed by atoms with E-state index in [-0.39, 0.29) is 24.5 Å². The van der Waals surface area contributed by atoms with Gasteiger partial charge in [0.1, 0.15) is 0 Å². The molecule has 1 aromatic heterocycles. The van der Waals surface area contributed by atoms with Gasteiger partial charge in [0.25, 0.3) is 5.91 Å². The van der Waals surface area contributed by atoms with Crippen molar-refractivity contribution in [2.45, 2.75) is 18.9 Å². The molecule has 1 fully saturated rings. The number of rotatable bonds is 3. The van der Waals surface area contributed by atoms with Gasteiger partial charge in [0.15, 0.2) is 0 Å². The van der Waals surface area contributed by atoms with Crippen molar-refractivity contribution in [3.63, 3.8) is 0 Å². The Hall–Kier alpha value is -1.84. The molecule has 0 saturated carbocycles. The molecule has 1 atom stereocenters. The molecule has 3 N–H and O–H groups in total. The van der Waals surface area contributed by atoms with Crippen molar-refractivity contribution >= 4 is 23.2 Å². The Kier molecular flexibility index (Phi) is 4.55. The van der Waals surface area contributed by atoms with E-state index in [0.717, 1.165) is 4.88 Å². The largest absolute Gasteiger partial charge is 0.395 e. The van der Waals surface area contributed by atoms with E-state index >= 15 is 0 Å². The number of hydrogen-bond acceptors (Lipinski definition) is 4. The van der Waals surface area contributed by atoms with Crippen LogP contribution in [0, 0.1) is 11.8 Å². The number of carbonyl (C=O) groups excluding carboxylic acids is 2. The lowest BCUT2D eigenvalue weighted by Gasteiger charge is -2.08. The Balaban J connectivity index is 1.93. The van der Waals surface area contributed by atoms with Crippen molar-refractivity contribution in [2.75, 3.05) is 13.2 Å². The smallest absolute Gasteiger partial charge is 0.252 e. The van der Waals surface area contributed by atoms with Gasteiger partial charge in [0, 0.05) is 24.8 Å². The Morgan fingerprint density at radius 3 is 3.16 bits per heavy atom. The minimum absolute atomic E-state index is 0.0359. The molecule has 0 radical (unpaired) electrons. The lowest BCUT2D eigenvalue weighted by atomic mass is 10.2. The molecule has 1 unspecified atom stereocenters. The molecule has 1 aliphatic rings. The summed E-state index contributed by atoms with van der Waals surface area (Å²) in [6.45, 7) is 0.520. The first-order valence-corrected chi connectivity index (χ1v) is 6.83. The zero-order chi connectivity index (χ0) is 13.7. The highest BCUT2D eigenvalue weighted by atomic mass is 32.1. The van der Waals surface area contributed by atoms with Crippen LogP contribution >= 0.6 is 11.3 Å². The average molecular weight is 278 g/mol. The molecule has 2 rings (SSSR count). The van der Waals surface area contributed by atoms with Gasteiger partial charge in [-0.15, -0.1) is 11.3 Å². The maximum absolute atomic E-state index is 11.9. The van der Waals surface area contributed by atoms with Gasteiger partial charge in [-0.25, -0.2) is 0 Å². The molecule has 100 valence electrons. The summed E-state index contributed by atoms with van der Waals surface area (Å²) in [5.74, 6) is 5.47. The van der Waals surface area contributed by atoms with Crippen LogP contribution in [0.5, 0.6) is 0 Å². The van der Waals surface area contributed by atoms with Crippen molar-refractivity contribution in [3.8, 4) is 11.8 Å². The molecule has 2 heterocycles. The number of amides is 2. The average Bonchev–Trinajstić information content (AvgIpc) is 2.99. The molecule has 0 spiro atoms. The third-order valence-corrected chi connectivity index (χ3v) is 3.47. The van der Waals surface area contributed by atoms with Gasteiger partial charge in [-0.05, 0) is 6.07 Å². The Bertz CT molecular complexity index is 542. The van der Waals surface area contributed by atoms with Gasteiger partial charge in [-0.1, -0.05) is 11.8 Å². The SMILES string of the molecule is O=C1CC(NC(=O)c2csc(C#CCCO)c2)CN1. The quantitative estimate of drug-likeness (QED) is 0.686. The van der Waals surface area contributed by atoms with E-state index in [2.05, 4.69) is 22.5 Å². The van der Waals surface area contributed by atoms with E-state index in [1.807, 2.05) is 0 Å². The molecular formula is C13H14N2O3S. The molecule has 19 heavy (non-hydrogen) atoms. The first-order chi connectivity index (χ1) is 9.19. The second-order valence-electron chi connectivity index (χ2n) is 4.15. The van der Waals surface area contributed by atoms with E-state index in [4.69, 9.17) is 5.11 Å². The van der Waals surface area contributed by atoms with Gasteiger partial charge < -0.3 is 15.7 Å². The fraction of sp³-hybridized carbons (Fsp3) is 0.385. The summed E-state index contributed by atoms with van der Waals surface area (Å²) < 4.78 is 0. The lowest BCUT2D eigenvalue weighted by Crippen LogP contribution is -2.35. The number of carbonyl (C=O) groups is 2. The fourth-order valence-electron chi connectivity index (χ4n) is 1.70. The van der Waals surface area contributed by atoms with Gasteiger partial charge in [-0.3, -0.25) is 9.59 Å². The second kappa shape index (κ2) is 6.36. The van der Waals surface area contributed by atoms with Crippen molar-refractivity contribution < 1.29 is 14.7 Å². The minimum Gasteiger partial charge on any atom is -0.395 e. The molecule has 2 amide bonds. The highest BCUT2D eigenvalue weighted by Crippen LogP contribution is 2.14. The molecule has 6 heteroatoms. The van der Waals surface area contributed by atoms with Gasteiger partial charge in [-0.2, -0.15) is 0 Å². The summed E-state index contributed by atoms with van der Waals surface area (Å²) in [5.41, 5.74) is 0.553. The van der Waals surface area contributed by atoms with Crippen LogP contribution in [-0.2, 0) is 4.79 Å². The van der Waals surface area contributed by atoms with Crippen LogP contribution in [0.3, 0.4) is 0 Å². The van der Waals surface area contributed by atoms with Crippen LogP contribution in [0.2, 0.25) is 0 Å². The Labute approximate surface area is 115 Å². The Morgan fingerprint density at radius 1 is 1.63 bits per heavy atom. The second-order valence-corrected chi connectivity index (χ2v) is 5.06. The molecule has 0 aromatic carbocycles. The fourth-order valence-corrected chi connectivity index (χ4v) is 2.46. The maximum Gasteiger partial charge on any atom is 0.252 e. The predicted molar refractivity (Wildman–Crippen MR) is 71.8 cm³/mol. The van der Waals surface area contributed by atoms with Crippen molar-refractivity contribution in [1.29, 1.82) is 0 Å². The first kappa shape index (κ1) is 13.6. The number of nitrogens with one attached hydrogen (secondary N) is 2. The molecule has 5 nitrogen and oxygen atoms in total. The lowest BCUT2D eigenvalue weighted by molar-refractivity contribution is -0.119. The van der Waals surface area contributed by atoms with Gasteiger partial charge in [0.05, 0.1) is 23.1 Å². The maximum atomic E-state index is 11.9. The number of aliphatic hydroxyl groups is 1. The molecule has 0 bridgehead atoms. The molecule has 1 aliphatic heterocycles. The van der Waals surface area contributed by atoms with Crippen LogP contribution in [0.25, 0.3) is 0 Å². The van der Waals surface area contributed by atoms with E-state index in [9.17, 15) is 9.59 Å². The van der Waals surface area contributed by atoms with Crippen LogP contribution < -0.4 is 10.6 Å². The predicted octanol–water partition coefficient (Wildman–Crippen LogP) is 0.100. The summed E-state index contributed by atoms with van der Waals surface area (Å²) in [6.07, 6.45) is 0.758. The van der Waals surface area contributed by atoms with Crippen molar-refractivity contribution in [1.82, 2.24) is 10.6 Å². The zero-order valence-electron chi connectivity index (χ0n) is 10.2. The standard InChI is InChI=1S/C13H14N2O3S/c16-4-2-1-3-11-5-9(8-19-11)13(18)15-10-6-12(17)14-7-10/h5,8,10,16H,2,4,6-7H2,(H,14,17)(H,15,18). The molecule has 0 aliphatic carbocycles. The third kappa shape index (κ3) is 3.81. The first-order valence-electron chi connectivity index (χ1n) is 5.95. The van der Waals surface area contributed by atoms with E-state index in [1.54, 1.807) is 11.4 Å².